The van der Waals surface area contributed by atoms with E-state index in [1.807, 2.05) is 6.92 Å². The Morgan fingerprint density at radius 3 is 2.63 bits per heavy atom. The summed E-state index contributed by atoms with van der Waals surface area (Å²) in [4.78, 5) is -0.105. The van der Waals surface area contributed by atoms with E-state index in [2.05, 4.69) is 10.6 Å². The number of sulfonamides is 1. The van der Waals surface area contributed by atoms with E-state index in [1.165, 1.54) is 12.1 Å². The minimum Gasteiger partial charge on any atom is -0.396 e. The third-order valence-electron chi connectivity index (χ3n) is 2.56. The highest BCUT2D eigenvalue weighted by Crippen LogP contribution is 2.33. The van der Waals surface area contributed by atoms with Crippen molar-refractivity contribution in [2.24, 2.45) is 0 Å². The second-order valence-electron chi connectivity index (χ2n) is 3.91. The summed E-state index contributed by atoms with van der Waals surface area (Å²) in [6.07, 6.45) is 6.06. The van der Waals surface area contributed by atoms with Gasteiger partial charge in [0, 0.05) is 12.5 Å². The van der Waals surface area contributed by atoms with Gasteiger partial charge in [-0.3, -0.25) is 0 Å². The first kappa shape index (κ1) is 16.1. The van der Waals surface area contributed by atoms with Crippen molar-refractivity contribution in [1.29, 1.82) is 0 Å². The summed E-state index contributed by atoms with van der Waals surface area (Å²) >= 11 is 11.7. The van der Waals surface area contributed by atoms with Crippen LogP contribution in [0, 0.1) is 12.3 Å². The van der Waals surface area contributed by atoms with Crippen LogP contribution in [0.25, 0.3) is 0 Å². The van der Waals surface area contributed by atoms with Gasteiger partial charge in [-0.15, -0.1) is 12.3 Å². The van der Waals surface area contributed by atoms with E-state index in [-0.39, 0.29) is 26.7 Å². The second kappa shape index (κ2) is 6.49. The van der Waals surface area contributed by atoms with Gasteiger partial charge >= 0.3 is 0 Å². The number of terminal acetylenes is 1. The molecular formula is C12H14Cl2N2O2S. The van der Waals surface area contributed by atoms with E-state index in [0.29, 0.717) is 12.8 Å². The molecule has 19 heavy (non-hydrogen) atoms. The van der Waals surface area contributed by atoms with E-state index < -0.39 is 10.0 Å². The zero-order chi connectivity index (χ0) is 14.6. The fourth-order valence-corrected chi connectivity index (χ4v) is 3.54. The van der Waals surface area contributed by atoms with Gasteiger partial charge in [0.1, 0.15) is 4.90 Å². The molecule has 0 saturated carbocycles. The van der Waals surface area contributed by atoms with E-state index in [4.69, 9.17) is 35.4 Å². The van der Waals surface area contributed by atoms with E-state index in [0.717, 1.165) is 0 Å². The smallest absolute Gasteiger partial charge is 0.242 e. The van der Waals surface area contributed by atoms with Crippen molar-refractivity contribution in [3.05, 3.63) is 22.2 Å². The van der Waals surface area contributed by atoms with Crippen LogP contribution in [0.5, 0.6) is 0 Å². The van der Waals surface area contributed by atoms with Crippen molar-refractivity contribution in [2.45, 2.75) is 30.7 Å². The molecule has 0 aliphatic carbocycles. The summed E-state index contributed by atoms with van der Waals surface area (Å²) in [6.45, 7) is 1.84. The van der Waals surface area contributed by atoms with Crippen LogP contribution in [0.2, 0.25) is 10.0 Å². The zero-order valence-electron chi connectivity index (χ0n) is 10.3. The molecule has 0 radical (unpaired) electrons. The molecule has 7 heteroatoms. The fraction of sp³-hybridized carbons (Fsp3) is 0.333. The Kier molecular flexibility index (Phi) is 5.50. The van der Waals surface area contributed by atoms with Crippen LogP contribution in [0.1, 0.15) is 19.8 Å². The number of nitrogen functional groups attached to an aromatic ring is 1. The Morgan fingerprint density at radius 1 is 1.47 bits per heavy atom. The number of anilines is 1. The lowest BCUT2D eigenvalue weighted by atomic mass is 10.2. The minimum absolute atomic E-state index is 0.0382. The lowest BCUT2D eigenvalue weighted by Gasteiger charge is -2.16. The molecule has 0 bridgehead atoms. The molecule has 0 aliphatic rings. The maximum Gasteiger partial charge on any atom is 0.242 e. The highest BCUT2D eigenvalue weighted by molar-refractivity contribution is 7.89. The molecule has 1 aromatic carbocycles. The predicted octanol–water partition coefficient (Wildman–Crippen LogP) is 2.66. The normalized spacial score (nSPS) is 12.9. The van der Waals surface area contributed by atoms with Crippen LogP contribution in [0.4, 0.5) is 5.69 Å². The van der Waals surface area contributed by atoms with Crippen LogP contribution < -0.4 is 10.5 Å². The maximum absolute atomic E-state index is 12.2. The number of nitrogens with two attached hydrogens (primary N) is 1. The first-order valence-corrected chi connectivity index (χ1v) is 7.76. The summed E-state index contributed by atoms with van der Waals surface area (Å²) in [5.74, 6) is 2.42. The van der Waals surface area contributed by atoms with Gasteiger partial charge in [0.25, 0.3) is 0 Å². The molecular weight excluding hydrogens is 307 g/mol. The molecule has 0 amide bonds. The zero-order valence-corrected chi connectivity index (χ0v) is 12.6. The molecule has 1 rings (SSSR count). The molecule has 0 aliphatic heterocycles. The Hall–Kier alpha value is -0.930. The van der Waals surface area contributed by atoms with Crippen LogP contribution >= 0.6 is 23.2 Å². The summed E-state index contributed by atoms with van der Waals surface area (Å²) in [5.41, 5.74) is 5.65. The highest BCUT2D eigenvalue weighted by atomic mass is 35.5. The lowest BCUT2D eigenvalue weighted by molar-refractivity contribution is 0.544. The van der Waals surface area contributed by atoms with Crippen molar-refractivity contribution in [3.8, 4) is 12.3 Å². The van der Waals surface area contributed by atoms with E-state index in [9.17, 15) is 8.42 Å². The standard InChI is InChI=1S/C12H14Cl2N2O2S/c1-3-5-8(4-2)16-19(17,18)10-7-6-9(13)12(15)11(10)14/h1,6-8,16H,4-5,15H2,2H3. The van der Waals surface area contributed by atoms with Gasteiger partial charge in [0.05, 0.1) is 15.7 Å². The number of hydrogen-bond donors (Lipinski definition) is 2. The molecule has 0 spiro atoms. The summed E-state index contributed by atoms with van der Waals surface area (Å²) in [5, 5.41) is 0.121. The quantitative estimate of drug-likeness (QED) is 0.647. The van der Waals surface area contributed by atoms with Crippen LogP contribution in [0.15, 0.2) is 17.0 Å². The van der Waals surface area contributed by atoms with E-state index in [1.54, 1.807) is 0 Å². The molecule has 4 nitrogen and oxygen atoms in total. The van der Waals surface area contributed by atoms with Gasteiger partial charge in [-0.2, -0.15) is 0 Å². The Bertz CT molecular complexity index is 609. The van der Waals surface area contributed by atoms with E-state index >= 15 is 0 Å². The number of halogens is 2. The van der Waals surface area contributed by atoms with Crippen LogP contribution in [-0.2, 0) is 10.0 Å². The van der Waals surface area contributed by atoms with Crippen LogP contribution in [-0.4, -0.2) is 14.5 Å². The molecule has 1 aromatic rings. The Labute approximate surface area is 123 Å². The van der Waals surface area contributed by atoms with Crippen molar-refractivity contribution in [1.82, 2.24) is 4.72 Å². The molecule has 0 saturated heterocycles. The molecule has 104 valence electrons. The fourth-order valence-electron chi connectivity index (χ4n) is 1.45. The highest BCUT2D eigenvalue weighted by Gasteiger charge is 2.23. The molecule has 0 aromatic heterocycles. The first-order valence-electron chi connectivity index (χ1n) is 5.52. The number of benzene rings is 1. The van der Waals surface area contributed by atoms with Gasteiger partial charge in [0.2, 0.25) is 10.0 Å². The van der Waals surface area contributed by atoms with Crippen molar-refractivity contribution < 1.29 is 8.42 Å². The minimum atomic E-state index is -3.78. The third kappa shape index (κ3) is 3.77. The SMILES string of the molecule is C#CCC(CC)NS(=O)(=O)c1ccc(Cl)c(N)c1Cl. The summed E-state index contributed by atoms with van der Waals surface area (Å²) in [6, 6.07) is 2.36. The molecule has 0 heterocycles. The van der Waals surface area contributed by atoms with Gasteiger partial charge in [-0.25, -0.2) is 13.1 Å². The summed E-state index contributed by atoms with van der Waals surface area (Å²) in [7, 11) is -3.78. The Morgan fingerprint density at radius 2 is 2.11 bits per heavy atom. The molecule has 1 unspecified atom stereocenters. The molecule has 3 N–H and O–H groups in total. The van der Waals surface area contributed by atoms with Crippen molar-refractivity contribution in [3.63, 3.8) is 0 Å². The van der Waals surface area contributed by atoms with Crippen molar-refractivity contribution in [2.75, 3.05) is 5.73 Å². The van der Waals surface area contributed by atoms with Gasteiger partial charge in [0.15, 0.2) is 0 Å². The maximum atomic E-state index is 12.2. The number of nitrogens with one attached hydrogen (secondary N) is 1. The van der Waals surface area contributed by atoms with Gasteiger partial charge in [-0.05, 0) is 18.6 Å². The second-order valence-corrected chi connectivity index (χ2v) is 6.38. The predicted molar refractivity (Wildman–Crippen MR) is 78.7 cm³/mol. The lowest BCUT2D eigenvalue weighted by Crippen LogP contribution is -2.34. The monoisotopic (exact) mass is 320 g/mol. The largest absolute Gasteiger partial charge is 0.396 e. The third-order valence-corrected chi connectivity index (χ3v) is 4.97. The average molecular weight is 321 g/mol. The molecule has 0 fully saturated rings. The summed E-state index contributed by atoms with van der Waals surface area (Å²) < 4.78 is 26.9. The topological polar surface area (TPSA) is 72.2 Å². The van der Waals surface area contributed by atoms with Gasteiger partial charge < -0.3 is 5.73 Å². The Balaban J connectivity index is 3.15. The first-order chi connectivity index (χ1) is 8.83. The average Bonchev–Trinajstić information content (AvgIpc) is 2.34. The molecule has 1 atom stereocenters. The van der Waals surface area contributed by atoms with Gasteiger partial charge in [-0.1, -0.05) is 30.1 Å². The van der Waals surface area contributed by atoms with Crippen molar-refractivity contribution >= 4 is 38.9 Å². The van der Waals surface area contributed by atoms with Crippen LogP contribution in [0.3, 0.4) is 0 Å². The number of rotatable bonds is 5. The number of hydrogen-bond acceptors (Lipinski definition) is 3.